The van der Waals surface area contributed by atoms with Gasteiger partial charge in [-0.3, -0.25) is 10.1 Å². The van der Waals surface area contributed by atoms with E-state index in [2.05, 4.69) is 9.68 Å². The molecule has 0 saturated carbocycles. The third kappa shape index (κ3) is 1.78. The molecule has 0 bridgehead atoms. The summed E-state index contributed by atoms with van der Waals surface area (Å²) in [6.45, 7) is 0. The van der Waals surface area contributed by atoms with E-state index in [-0.39, 0.29) is 11.6 Å². The molecule has 6 nitrogen and oxygen atoms in total. The van der Waals surface area contributed by atoms with Gasteiger partial charge in [-0.15, -0.1) is 0 Å². The van der Waals surface area contributed by atoms with E-state index in [0.29, 0.717) is 11.3 Å². The Morgan fingerprint density at radius 1 is 1.33 bits per heavy atom. The number of nitro benzene ring substituents is 1. The summed E-state index contributed by atoms with van der Waals surface area (Å²) in [4.78, 5) is 9.90. The number of aromatic hydroxyl groups is 1. The van der Waals surface area contributed by atoms with E-state index >= 15 is 0 Å². The summed E-state index contributed by atoms with van der Waals surface area (Å²) < 4.78 is 4.47. The van der Waals surface area contributed by atoms with Crippen molar-refractivity contribution in [3.8, 4) is 17.2 Å². The molecule has 0 saturated heterocycles. The molecule has 0 aliphatic heterocycles. The third-order valence-electron chi connectivity index (χ3n) is 1.87. The predicted molar refractivity (Wildman–Crippen MR) is 50.3 cm³/mol. The molecular weight excluding hydrogens is 200 g/mol. The Labute approximate surface area is 83.9 Å². The Kier molecular flexibility index (Phi) is 2.09. The minimum Gasteiger partial charge on any atom is -0.479 e. The molecule has 1 aromatic heterocycles. The Balaban J connectivity index is 2.35. The average molecular weight is 206 g/mol. The number of nitrogens with zero attached hydrogens (tertiary/aromatic N) is 2. The molecule has 0 atom stereocenters. The van der Waals surface area contributed by atoms with Crippen LogP contribution in [0, 0.1) is 10.1 Å². The second kappa shape index (κ2) is 3.41. The largest absolute Gasteiger partial charge is 0.479 e. The lowest BCUT2D eigenvalue weighted by Gasteiger charge is -1.94. The highest BCUT2D eigenvalue weighted by Crippen LogP contribution is 2.23. The number of rotatable bonds is 2. The molecule has 2 aromatic rings. The molecule has 0 aliphatic carbocycles. The van der Waals surface area contributed by atoms with Crippen LogP contribution in [0.25, 0.3) is 11.3 Å². The van der Waals surface area contributed by atoms with Gasteiger partial charge in [0.15, 0.2) is 0 Å². The van der Waals surface area contributed by atoms with E-state index < -0.39 is 4.92 Å². The fourth-order valence-electron chi connectivity index (χ4n) is 1.16. The molecule has 76 valence electrons. The average Bonchev–Trinajstić information content (AvgIpc) is 2.65. The van der Waals surface area contributed by atoms with Crippen molar-refractivity contribution in [1.29, 1.82) is 0 Å². The molecule has 2 rings (SSSR count). The monoisotopic (exact) mass is 206 g/mol. The van der Waals surface area contributed by atoms with E-state index in [1.54, 1.807) is 0 Å². The van der Waals surface area contributed by atoms with Gasteiger partial charge in [0, 0.05) is 17.7 Å². The summed E-state index contributed by atoms with van der Waals surface area (Å²) in [7, 11) is 0. The Bertz CT molecular complexity index is 489. The maximum absolute atomic E-state index is 10.4. The van der Waals surface area contributed by atoms with Crippen LogP contribution in [0.15, 0.2) is 34.9 Å². The molecular formula is C9H6N2O4. The van der Waals surface area contributed by atoms with Gasteiger partial charge in [0.2, 0.25) is 0 Å². The van der Waals surface area contributed by atoms with E-state index in [1.165, 1.54) is 30.3 Å². The van der Waals surface area contributed by atoms with E-state index in [4.69, 9.17) is 5.11 Å². The van der Waals surface area contributed by atoms with Gasteiger partial charge >= 0.3 is 5.95 Å². The Morgan fingerprint density at radius 2 is 2.00 bits per heavy atom. The van der Waals surface area contributed by atoms with Crippen molar-refractivity contribution in [2.75, 3.05) is 0 Å². The second-order valence-corrected chi connectivity index (χ2v) is 2.85. The number of non-ortho nitro benzene ring substituents is 1. The SMILES string of the molecule is O=[N+]([O-])c1ccc(-c2cc(O)on2)cc1. The van der Waals surface area contributed by atoms with Crippen molar-refractivity contribution in [2.45, 2.75) is 0 Å². The fourth-order valence-corrected chi connectivity index (χ4v) is 1.16. The summed E-state index contributed by atoms with van der Waals surface area (Å²) in [6, 6.07) is 7.13. The van der Waals surface area contributed by atoms with E-state index in [9.17, 15) is 10.1 Å². The zero-order valence-electron chi connectivity index (χ0n) is 7.45. The molecule has 6 heteroatoms. The summed E-state index contributed by atoms with van der Waals surface area (Å²) in [5.41, 5.74) is 1.08. The van der Waals surface area contributed by atoms with Gasteiger partial charge in [0.05, 0.1) is 11.0 Å². The topological polar surface area (TPSA) is 89.4 Å². The maximum Gasteiger partial charge on any atom is 0.309 e. The number of nitro groups is 1. The summed E-state index contributed by atoms with van der Waals surface area (Å²) in [6.07, 6.45) is 0. The van der Waals surface area contributed by atoms with Crippen LogP contribution in [0.1, 0.15) is 0 Å². The lowest BCUT2D eigenvalue weighted by atomic mass is 10.1. The third-order valence-corrected chi connectivity index (χ3v) is 1.87. The normalized spacial score (nSPS) is 10.1. The first-order valence-electron chi connectivity index (χ1n) is 4.07. The van der Waals surface area contributed by atoms with Crippen LogP contribution >= 0.6 is 0 Å². The highest BCUT2D eigenvalue weighted by molar-refractivity contribution is 5.61. The molecule has 15 heavy (non-hydrogen) atoms. The summed E-state index contributed by atoms with van der Waals surface area (Å²) in [5.74, 6) is -0.289. The van der Waals surface area contributed by atoms with Crippen molar-refractivity contribution in [1.82, 2.24) is 5.16 Å². The first-order chi connectivity index (χ1) is 7.16. The zero-order chi connectivity index (χ0) is 10.8. The standard InChI is InChI=1S/C9H6N2O4/c12-9-5-8(10-15-9)6-1-3-7(4-2-6)11(13)14/h1-5,12H. The van der Waals surface area contributed by atoms with Gasteiger partial charge in [-0.2, -0.15) is 0 Å². The summed E-state index contributed by atoms with van der Waals surface area (Å²) in [5, 5.41) is 22.9. The molecule has 1 N–H and O–H groups in total. The molecule has 0 aliphatic rings. The number of hydrogen-bond acceptors (Lipinski definition) is 5. The molecule has 1 heterocycles. The van der Waals surface area contributed by atoms with Crippen molar-refractivity contribution in [2.24, 2.45) is 0 Å². The van der Waals surface area contributed by atoms with Crippen LogP contribution in [0.2, 0.25) is 0 Å². The van der Waals surface area contributed by atoms with Crippen LogP contribution in [-0.2, 0) is 0 Å². The minimum atomic E-state index is -0.482. The molecule has 0 fully saturated rings. The zero-order valence-corrected chi connectivity index (χ0v) is 7.45. The summed E-state index contributed by atoms with van der Waals surface area (Å²) >= 11 is 0. The van der Waals surface area contributed by atoms with Gasteiger partial charge in [0.25, 0.3) is 5.69 Å². The van der Waals surface area contributed by atoms with Crippen molar-refractivity contribution in [3.63, 3.8) is 0 Å². The lowest BCUT2D eigenvalue weighted by Crippen LogP contribution is -1.86. The van der Waals surface area contributed by atoms with E-state index in [1.807, 2.05) is 0 Å². The maximum atomic E-state index is 10.4. The first kappa shape index (κ1) is 9.20. The molecule has 0 radical (unpaired) electrons. The first-order valence-corrected chi connectivity index (χ1v) is 4.07. The fraction of sp³-hybridized carbons (Fsp3) is 0. The van der Waals surface area contributed by atoms with Crippen LogP contribution in [0.5, 0.6) is 5.95 Å². The van der Waals surface area contributed by atoms with E-state index in [0.717, 1.165) is 0 Å². The number of hydrogen-bond donors (Lipinski definition) is 1. The van der Waals surface area contributed by atoms with Gasteiger partial charge in [-0.1, -0.05) is 5.16 Å². The number of aromatic nitrogens is 1. The highest BCUT2D eigenvalue weighted by Gasteiger charge is 2.08. The van der Waals surface area contributed by atoms with Crippen molar-refractivity contribution < 1.29 is 14.6 Å². The van der Waals surface area contributed by atoms with Gasteiger partial charge in [0.1, 0.15) is 5.69 Å². The van der Waals surface area contributed by atoms with Gasteiger partial charge in [-0.25, -0.2) is 0 Å². The minimum absolute atomic E-state index is 0.00599. The smallest absolute Gasteiger partial charge is 0.309 e. The van der Waals surface area contributed by atoms with Gasteiger partial charge in [-0.05, 0) is 12.1 Å². The van der Waals surface area contributed by atoms with Crippen LogP contribution < -0.4 is 0 Å². The van der Waals surface area contributed by atoms with Crippen LogP contribution in [0.4, 0.5) is 5.69 Å². The van der Waals surface area contributed by atoms with Crippen molar-refractivity contribution >= 4 is 5.69 Å². The van der Waals surface area contributed by atoms with Crippen molar-refractivity contribution in [3.05, 3.63) is 40.4 Å². The molecule has 0 spiro atoms. The molecule has 1 aromatic carbocycles. The Morgan fingerprint density at radius 3 is 2.47 bits per heavy atom. The molecule has 0 unspecified atom stereocenters. The lowest BCUT2D eigenvalue weighted by molar-refractivity contribution is -0.384. The molecule has 0 amide bonds. The van der Waals surface area contributed by atoms with Crippen LogP contribution in [-0.4, -0.2) is 15.2 Å². The van der Waals surface area contributed by atoms with Gasteiger partial charge < -0.3 is 9.63 Å². The Hall–Kier alpha value is -2.37. The highest BCUT2D eigenvalue weighted by atomic mass is 16.6. The second-order valence-electron chi connectivity index (χ2n) is 2.85. The van der Waals surface area contributed by atoms with Crippen LogP contribution in [0.3, 0.4) is 0 Å². The quantitative estimate of drug-likeness (QED) is 0.599. The predicted octanol–water partition coefficient (Wildman–Crippen LogP) is 1.96. The number of benzene rings is 1.